The Hall–Kier alpha value is -4.02. The zero-order valence-electron chi connectivity index (χ0n) is 14.2. The van der Waals surface area contributed by atoms with Crippen molar-refractivity contribution < 1.29 is 24.2 Å². The SMILES string of the molecule is Cc1cc(C(=O)OC(=O)c2cc(C)c(N)c([N+](=O)[O-])c2)cc([N+](=O)[O-])c1N. The Morgan fingerprint density at radius 3 is 1.44 bits per heavy atom. The van der Waals surface area contributed by atoms with E-state index in [1.54, 1.807) is 0 Å². The average molecular weight is 374 g/mol. The van der Waals surface area contributed by atoms with E-state index in [4.69, 9.17) is 11.5 Å². The predicted octanol–water partition coefficient (Wildman–Crippen LogP) is 2.28. The zero-order valence-corrected chi connectivity index (χ0v) is 14.2. The largest absolute Gasteiger partial charge is 0.393 e. The van der Waals surface area contributed by atoms with Crippen LogP contribution < -0.4 is 11.5 Å². The Kier molecular flexibility index (Phi) is 5.06. The lowest BCUT2D eigenvalue weighted by Gasteiger charge is -2.08. The molecule has 11 heteroatoms. The Morgan fingerprint density at radius 2 is 1.15 bits per heavy atom. The minimum Gasteiger partial charge on any atom is -0.393 e. The van der Waals surface area contributed by atoms with E-state index in [0.29, 0.717) is 0 Å². The molecule has 0 aliphatic heterocycles. The molecule has 0 aliphatic rings. The second-order valence-corrected chi connectivity index (χ2v) is 5.64. The van der Waals surface area contributed by atoms with Crippen molar-refractivity contribution in [3.05, 3.63) is 66.7 Å². The summed E-state index contributed by atoms with van der Waals surface area (Å²) in [6.45, 7) is 2.90. The molecule has 2 aromatic carbocycles. The normalized spacial score (nSPS) is 10.3. The summed E-state index contributed by atoms with van der Waals surface area (Å²) in [6.07, 6.45) is 0. The molecule has 2 aromatic rings. The minimum atomic E-state index is -1.16. The molecular formula is C16H14N4O7. The third kappa shape index (κ3) is 3.81. The van der Waals surface area contributed by atoms with E-state index in [1.807, 2.05) is 0 Å². The highest BCUT2D eigenvalue weighted by Gasteiger charge is 2.24. The van der Waals surface area contributed by atoms with Gasteiger partial charge in [-0.15, -0.1) is 0 Å². The predicted molar refractivity (Wildman–Crippen MR) is 94.2 cm³/mol. The highest BCUT2D eigenvalue weighted by molar-refractivity contribution is 6.04. The lowest BCUT2D eigenvalue weighted by atomic mass is 10.1. The summed E-state index contributed by atoms with van der Waals surface area (Å²) in [7, 11) is 0. The van der Waals surface area contributed by atoms with Gasteiger partial charge in [-0.05, 0) is 37.1 Å². The fourth-order valence-corrected chi connectivity index (χ4v) is 2.30. The molecule has 2 rings (SSSR count). The Labute approximate surface area is 151 Å². The molecule has 0 unspecified atom stereocenters. The Balaban J connectivity index is 2.35. The fourth-order valence-electron chi connectivity index (χ4n) is 2.30. The summed E-state index contributed by atoms with van der Waals surface area (Å²) >= 11 is 0. The molecular weight excluding hydrogens is 360 g/mol. The number of carbonyl (C=O) groups excluding carboxylic acids is 2. The molecule has 0 radical (unpaired) electrons. The number of hydrogen-bond acceptors (Lipinski definition) is 9. The van der Waals surface area contributed by atoms with Crippen molar-refractivity contribution in [1.82, 2.24) is 0 Å². The number of carbonyl (C=O) groups is 2. The highest BCUT2D eigenvalue weighted by atomic mass is 16.6. The molecule has 4 N–H and O–H groups in total. The van der Waals surface area contributed by atoms with E-state index in [1.165, 1.54) is 26.0 Å². The summed E-state index contributed by atoms with van der Waals surface area (Å²) in [5, 5.41) is 22.0. The minimum absolute atomic E-state index is 0.118. The van der Waals surface area contributed by atoms with Gasteiger partial charge in [-0.1, -0.05) is 0 Å². The molecule has 0 aromatic heterocycles. The zero-order chi connectivity index (χ0) is 20.5. The van der Waals surface area contributed by atoms with Crippen LogP contribution in [0.2, 0.25) is 0 Å². The molecule has 0 amide bonds. The number of nitrogens with two attached hydrogens (primary N) is 2. The van der Waals surface area contributed by atoms with Gasteiger partial charge in [0.05, 0.1) is 21.0 Å². The third-order valence-electron chi connectivity index (χ3n) is 3.78. The van der Waals surface area contributed by atoms with Crippen molar-refractivity contribution in [2.45, 2.75) is 13.8 Å². The summed E-state index contributed by atoms with van der Waals surface area (Å²) in [5.74, 6) is -2.33. The van der Waals surface area contributed by atoms with E-state index in [-0.39, 0.29) is 33.6 Å². The molecule has 0 atom stereocenters. The van der Waals surface area contributed by atoms with Gasteiger partial charge in [0.2, 0.25) is 0 Å². The second-order valence-electron chi connectivity index (χ2n) is 5.64. The van der Waals surface area contributed by atoms with Crippen LogP contribution in [0.15, 0.2) is 24.3 Å². The van der Waals surface area contributed by atoms with Gasteiger partial charge < -0.3 is 16.2 Å². The number of nitrogens with zero attached hydrogens (tertiary/aromatic N) is 2. The van der Waals surface area contributed by atoms with Crippen LogP contribution in [0.4, 0.5) is 22.7 Å². The number of nitrogen functional groups attached to an aromatic ring is 2. The van der Waals surface area contributed by atoms with E-state index in [9.17, 15) is 29.8 Å². The molecule has 0 bridgehead atoms. The molecule has 11 nitrogen and oxygen atoms in total. The van der Waals surface area contributed by atoms with Gasteiger partial charge in [0.1, 0.15) is 11.4 Å². The molecule has 0 heterocycles. The summed E-state index contributed by atoms with van der Waals surface area (Å²) in [4.78, 5) is 44.8. The first kappa shape index (κ1) is 19.3. The van der Waals surface area contributed by atoms with Crippen molar-refractivity contribution in [3.63, 3.8) is 0 Å². The number of ether oxygens (including phenoxy) is 1. The van der Waals surface area contributed by atoms with E-state index < -0.39 is 33.2 Å². The first-order chi connectivity index (χ1) is 12.5. The first-order valence-electron chi connectivity index (χ1n) is 7.38. The number of benzene rings is 2. The van der Waals surface area contributed by atoms with Crippen LogP contribution in [0, 0.1) is 34.1 Å². The van der Waals surface area contributed by atoms with E-state index >= 15 is 0 Å². The van der Waals surface area contributed by atoms with Gasteiger partial charge in [-0.3, -0.25) is 20.2 Å². The van der Waals surface area contributed by atoms with Crippen molar-refractivity contribution in [2.75, 3.05) is 11.5 Å². The third-order valence-corrected chi connectivity index (χ3v) is 3.78. The first-order valence-corrected chi connectivity index (χ1v) is 7.38. The van der Waals surface area contributed by atoms with Crippen molar-refractivity contribution in [3.8, 4) is 0 Å². The monoisotopic (exact) mass is 374 g/mol. The van der Waals surface area contributed by atoms with Gasteiger partial charge >= 0.3 is 11.9 Å². The van der Waals surface area contributed by atoms with Gasteiger partial charge in [0.15, 0.2) is 0 Å². The van der Waals surface area contributed by atoms with Crippen LogP contribution in [0.3, 0.4) is 0 Å². The lowest BCUT2D eigenvalue weighted by molar-refractivity contribution is -0.384. The van der Waals surface area contributed by atoms with Crippen LogP contribution in [0.25, 0.3) is 0 Å². The van der Waals surface area contributed by atoms with Gasteiger partial charge in [0.25, 0.3) is 11.4 Å². The van der Waals surface area contributed by atoms with E-state index in [2.05, 4.69) is 4.74 Å². The number of rotatable bonds is 4. The smallest absolute Gasteiger partial charge is 0.346 e. The van der Waals surface area contributed by atoms with Crippen LogP contribution in [0.1, 0.15) is 31.8 Å². The van der Waals surface area contributed by atoms with E-state index in [0.717, 1.165) is 12.1 Å². The summed E-state index contributed by atoms with van der Waals surface area (Å²) in [6, 6.07) is 4.23. The molecule has 0 spiro atoms. The number of hydrogen-bond donors (Lipinski definition) is 2. The molecule has 27 heavy (non-hydrogen) atoms. The summed E-state index contributed by atoms with van der Waals surface area (Å²) in [5.41, 5.74) is 9.90. The number of nitro groups is 2. The standard InChI is InChI=1S/C16H14N4O7/c1-7-3-9(5-11(13(7)17)19(23)24)15(21)27-16(22)10-4-8(2)14(18)12(6-10)20(25)26/h3-6H,17-18H2,1-2H3. The fraction of sp³-hybridized carbons (Fsp3) is 0.125. The molecule has 0 saturated heterocycles. The average Bonchev–Trinajstić information content (AvgIpc) is 2.58. The lowest BCUT2D eigenvalue weighted by Crippen LogP contribution is -2.14. The second kappa shape index (κ2) is 7.07. The van der Waals surface area contributed by atoms with Crippen LogP contribution >= 0.6 is 0 Å². The van der Waals surface area contributed by atoms with Crippen molar-refractivity contribution in [1.29, 1.82) is 0 Å². The number of nitro benzene ring substituents is 2. The highest BCUT2D eigenvalue weighted by Crippen LogP contribution is 2.29. The maximum absolute atomic E-state index is 12.2. The van der Waals surface area contributed by atoms with Crippen LogP contribution in [-0.4, -0.2) is 21.8 Å². The van der Waals surface area contributed by atoms with Crippen molar-refractivity contribution >= 4 is 34.7 Å². The molecule has 0 fully saturated rings. The quantitative estimate of drug-likeness (QED) is 0.266. The number of aryl methyl sites for hydroxylation is 2. The number of esters is 2. The maximum atomic E-state index is 12.2. The molecule has 0 aliphatic carbocycles. The summed E-state index contributed by atoms with van der Waals surface area (Å²) < 4.78 is 4.68. The van der Waals surface area contributed by atoms with Crippen LogP contribution in [0.5, 0.6) is 0 Å². The van der Waals surface area contributed by atoms with Crippen LogP contribution in [-0.2, 0) is 4.74 Å². The maximum Gasteiger partial charge on any atom is 0.346 e. The topological polar surface area (TPSA) is 182 Å². The van der Waals surface area contributed by atoms with Gasteiger partial charge in [0, 0.05) is 12.1 Å². The van der Waals surface area contributed by atoms with Gasteiger partial charge in [-0.25, -0.2) is 9.59 Å². The Bertz CT molecular complexity index is 921. The molecule has 0 saturated carbocycles. The van der Waals surface area contributed by atoms with Crippen molar-refractivity contribution in [2.24, 2.45) is 0 Å². The van der Waals surface area contributed by atoms with Gasteiger partial charge in [-0.2, -0.15) is 0 Å². The number of anilines is 2. The molecule has 140 valence electrons. The Morgan fingerprint density at radius 1 is 0.815 bits per heavy atom.